The molecule has 0 unspecified atom stereocenters. The Morgan fingerprint density at radius 3 is 2.89 bits per heavy atom. The SMILES string of the molecule is Cc1cccc(N2CCc3cc(Oc4nc(O)c5ccncc5n4)ccc32)c1. The highest BCUT2D eigenvalue weighted by Gasteiger charge is 2.21. The fourth-order valence-electron chi connectivity index (χ4n) is 3.60. The van der Waals surface area contributed by atoms with Crippen molar-refractivity contribution in [3.05, 3.63) is 72.1 Å². The molecule has 28 heavy (non-hydrogen) atoms. The summed E-state index contributed by atoms with van der Waals surface area (Å²) in [5, 5.41) is 10.6. The van der Waals surface area contributed by atoms with Gasteiger partial charge in [0.2, 0.25) is 5.88 Å². The van der Waals surface area contributed by atoms with Gasteiger partial charge in [-0.2, -0.15) is 9.97 Å². The lowest BCUT2D eigenvalue weighted by Crippen LogP contribution is -2.13. The van der Waals surface area contributed by atoms with Gasteiger partial charge in [-0.05, 0) is 60.9 Å². The Morgan fingerprint density at radius 2 is 2.00 bits per heavy atom. The van der Waals surface area contributed by atoms with Crippen LogP contribution in [0.1, 0.15) is 11.1 Å². The molecule has 0 spiro atoms. The number of fused-ring (bicyclic) bond motifs is 2. The molecule has 2 aromatic heterocycles. The van der Waals surface area contributed by atoms with Gasteiger partial charge >= 0.3 is 6.01 Å². The number of aryl methyl sites for hydroxylation is 1. The Bertz CT molecular complexity index is 1190. The van der Waals surface area contributed by atoms with Crippen molar-refractivity contribution in [2.24, 2.45) is 0 Å². The van der Waals surface area contributed by atoms with Gasteiger partial charge in [-0.15, -0.1) is 0 Å². The minimum Gasteiger partial charge on any atom is -0.493 e. The van der Waals surface area contributed by atoms with Gasteiger partial charge in [0.1, 0.15) is 5.75 Å². The van der Waals surface area contributed by atoms with Crippen LogP contribution in [0.5, 0.6) is 17.6 Å². The maximum atomic E-state index is 10.1. The highest BCUT2D eigenvalue weighted by Crippen LogP contribution is 2.37. The number of pyridine rings is 1. The van der Waals surface area contributed by atoms with Gasteiger partial charge in [0.05, 0.1) is 17.1 Å². The molecule has 0 saturated carbocycles. The first-order chi connectivity index (χ1) is 13.7. The highest BCUT2D eigenvalue weighted by atomic mass is 16.5. The summed E-state index contributed by atoms with van der Waals surface area (Å²) in [6.45, 7) is 3.03. The Hall–Kier alpha value is -3.67. The number of aromatic nitrogens is 3. The van der Waals surface area contributed by atoms with Crippen molar-refractivity contribution in [3.8, 4) is 17.6 Å². The molecule has 0 amide bonds. The summed E-state index contributed by atoms with van der Waals surface area (Å²) in [4.78, 5) is 14.7. The zero-order valence-corrected chi connectivity index (χ0v) is 15.3. The van der Waals surface area contributed by atoms with E-state index in [-0.39, 0.29) is 11.9 Å². The van der Waals surface area contributed by atoms with E-state index < -0.39 is 0 Å². The molecule has 0 bridgehead atoms. The van der Waals surface area contributed by atoms with Crippen LogP contribution in [0.15, 0.2) is 60.9 Å². The molecule has 6 heteroatoms. The molecule has 0 radical (unpaired) electrons. The van der Waals surface area contributed by atoms with Crippen molar-refractivity contribution in [2.45, 2.75) is 13.3 Å². The summed E-state index contributed by atoms with van der Waals surface area (Å²) in [5.41, 5.74) is 5.38. The fraction of sp³-hybridized carbons (Fsp3) is 0.136. The number of anilines is 2. The molecule has 138 valence electrons. The van der Waals surface area contributed by atoms with Crippen LogP contribution >= 0.6 is 0 Å². The van der Waals surface area contributed by atoms with Crippen LogP contribution in [-0.4, -0.2) is 26.6 Å². The second-order valence-corrected chi connectivity index (χ2v) is 6.86. The van der Waals surface area contributed by atoms with E-state index in [9.17, 15) is 5.11 Å². The first-order valence-electron chi connectivity index (χ1n) is 9.13. The van der Waals surface area contributed by atoms with Crippen molar-refractivity contribution in [1.29, 1.82) is 0 Å². The lowest BCUT2D eigenvalue weighted by Gasteiger charge is -2.20. The molecule has 0 atom stereocenters. The molecular weight excluding hydrogens is 352 g/mol. The van der Waals surface area contributed by atoms with Crippen LogP contribution in [0, 0.1) is 6.92 Å². The van der Waals surface area contributed by atoms with Crippen LogP contribution in [0.4, 0.5) is 11.4 Å². The van der Waals surface area contributed by atoms with Crippen molar-refractivity contribution in [1.82, 2.24) is 15.0 Å². The summed E-state index contributed by atoms with van der Waals surface area (Å²) in [6.07, 6.45) is 4.10. The molecule has 4 aromatic rings. The van der Waals surface area contributed by atoms with E-state index in [0.29, 0.717) is 16.7 Å². The third-order valence-electron chi connectivity index (χ3n) is 4.93. The summed E-state index contributed by atoms with van der Waals surface area (Å²) in [6, 6.07) is 16.3. The number of nitrogens with zero attached hydrogens (tertiary/aromatic N) is 4. The maximum absolute atomic E-state index is 10.1. The molecule has 3 heterocycles. The van der Waals surface area contributed by atoms with E-state index in [1.165, 1.54) is 22.5 Å². The zero-order chi connectivity index (χ0) is 19.1. The third-order valence-corrected chi connectivity index (χ3v) is 4.93. The number of rotatable bonds is 3. The second-order valence-electron chi connectivity index (χ2n) is 6.86. The van der Waals surface area contributed by atoms with Gasteiger partial charge in [-0.1, -0.05) is 12.1 Å². The Kier molecular flexibility index (Phi) is 3.83. The van der Waals surface area contributed by atoms with Gasteiger partial charge in [0.25, 0.3) is 0 Å². The Morgan fingerprint density at radius 1 is 1.07 bits per heavy atom. The minimum atomic E-state index is -0.116. The van der Waals surface area contributed by atoms with Crippen LogP contribution in [0.25, 0.3) is 10.9 Å². The van der Waals surface area contributed by atoms with Crippen molar-refractivity contribution in [2.75, 3.05) is 11.4 Å². The number of hydrogen-bond donors (Lipinski definition) is 1. The number of ether oxygens (including phenoxy) is 1. The molecule has 0 aliphatic carbocycles. The van der Waals surface area contributed by atoms with Crippen LogP contribution in [0.2, 0.25) is 0 Å². The predicted octanol–water partition coefficient (Wildman–Crippen LogP) is 4.53. The van der Waals surface area contributed by atoms with Crippen LogP contribution < -0.4 is 9.64 Å². The molecular formula is C22H18N4O2. The lowest BCUT2D eigenvalue weighted by molar-refractivity contribution is 0.412. The highest BCUT2D eigenvalue weighted by molar-refractivity contribution is 5.82. The summed E-state index contributed by atoms with van der Waals surface area (Å²) >= 11 is 0. The number of benzene rings is 2. The van der Waals surface area contributed by atoms with Crippen molar-refractivity contribution in [3.63, 3.8) is 0 Å². The zero-order valence-electron chi connectivity index (χ0n) is 15.3. The average Bonchev–Trinajstić information content (AvgIpc) is 3.11. The van der Waals surface area contributed by atoms with Crippen LogP contribution in [0.3, 0.4) is 0 Å². The van der Waals surface area contributed by atoms with E-state index in [1.807, 2.05) is 12.1 Å². The average molecular weight is 370 g/mol. The van der Waals surface area contributed by atoms with Gasteiger partial charge in [0.15, 0.2) is 0 Å². The van der Waals surface area contributed by atoms with E-state index in [2.05, 4.69) is 57.1 Å². The smallest absolute Gasteiger partial charge is 0.325 e. The molecule has 6 nitrogen and oxygen atoms in total. The van der Waals surface area contributed by atoms with Gasteiger partial charge in [-0.25, -0.2) is 0 Å². The predicted molar refractivity (Wildman–Crippen MR) is 107 cm³/mol. The molecule has 2 aromatic carbocycles. The van der Waals surface area contributed by atoms with E-state index >= 15 is 0 Å². The topological polar surface area (TPSA) is 71.4 Å². The van der Waals surface area contributed by atoms with E-state index in [0.717, 1.165) is 13.0 Å². The second kappa shape index (κ2) is 6.49. The van der Waals surface area contributed by atoms with Crippen molar-refractivity contribution < 1.29 is 9.84 Å². The van der Waals surface area contributed by atoms with Gasteiger partial charge < -0.3 is 14.7 Å². The Labute approximate surface area is 162 Å². The normalized spacial score (nSPS) is 13.0. The first-order valence-corrected chi connectivity index (χ1v) is 9.13. The van der Waals surface area contributed by atoms with E-state index in [1.54, 1.807) is 18.5 Å². The number of aromatic hydroxyl groups is 1. The minimum absolute atomic E-state index is 0.103. The van der Waals surface area contributed by atoms with Crippen molar-refractivity contribution >= 4 is 22.3 Å². The first kappa shape index (κ1) is 16.5. The molecule has 1 aliphatic heterocycles. The van der Waals surface area contributed by atoms with Crippen LogP contribution in [-0.2, 0) is 6.42 Å². The summed E-state index contributed by atoms with van der Waals surface area (Å²) in [5.74, 6) is 0.529. The summed E-state index contributed by atoms with van der Waals surface area (Å²) < 4.78 is 5.82. The molecule has 5 rings (SSSR count). The number of hydrogen-bond acceptors (Lipinski definition) is 6. The van der Waals surface area contributed by atoms with Gasteiger partial charge in [-0.3, -0.25) is 4.98 Å². The standard InChI is InChI=1S/C22H18N4O2/c1-14-3-2-4-16(11-14)26-10-8-15-12-17(5-6-20(15)26)28-22-24-19-13-23-9-7-18(19)21(27)25-22/h2-7,9,11-13H,8,10H2,1H3,(H,24,25,27). The fourth-order valence-corrected chi connectivity index (χ4v) is 3.60. The molecule has 0 saturated heterocycles. The quantitative estimate of drug-likeness (QED) is 0.571. The lowest BCUT2D eigenvalue weighted by atomic mass is 10.1. The summed E-state index contributed by atoms with van der Waals surface area (Å²) in [7, 11) is 0. The largest absolute Gasteiger partial charge is 0.493 e. The van der Waals surface area contributed by atoms with E-state index in [4.69, 9.17) is 4.74 Å². The molecule has 1 N–H and O–H groups in total. The molecule has 1 aliphatic rings. The maximum Gasteiger partial charge on any atom is 0.325 e. The Balaban J connectivity index is 1.44. The van der Waals surface area contributed by atoms with Gasteiger partial charge in [0, 0.05) is 24.1 Å². The molecule has 0 fully saturated rings. The third kappa shape index (κ3) is 2.89. The monoisotopic (exact) mass is 370 g/mol.